The van der Waals surface area contributed by atoms with Crippen molar-refractivity contribution in [3.63, 3.8) is 0 Å². The minimum absolute atomic E-state index is 0.00925. The summed E-state index contributed by atoms with van der Waals surface area (Å²) in [6, 6.07) is 13.7. The first-order valence-electron chi connectivity index (χ1n) is 9.40. The molecule has 0 bridgehead atoms. The highest BCUT2D eigenvalue weighted by Crippen LogP contribution is 2.17. The number of ether oxygens (including phenoxy) is 2. The Morgan fingerprint density at radius 2 is 1.64 bits per heavy atom. The predicted molar refractivity (Wildman–Crippen MR) is 107 cm³/mol. The Morgan fingerprint density at radius 3 is 2.29 bits per heavy atom. The van der Waals surface area contributed by atoms with Crippen molar-refractivity contribution in [2.24, 2.45) is 0 Å². The maximum absolute atomic E-state index is 13.0. The van der Waals surface area contributed by atoms with Gasteiger partial charge in [0.2, 0.25) is 0 Å². The number of benzene rings is 2. The largest absolute Gasteiger partial charge is 0.497 e. The number of rotatable bonds is 8. The number of nitrogens with one attached hydrogen (secondary N) is 1. The van der Waals surface area contributed by atoms with Gasteiger partial charge >= 0.3 is 0 Å². The monoisotopic (exact) mass is 387 g/mol. The molecule has 1 amide bonds. The van der Waals surface area contributed by atoms with E-state index in [4.69, 9.17) is 9.47 Å². The molecule has 1 fully saturated rings. The second kappa shape index (κ2) is 9.94. The van der Waals surface area contributed by atoms with Gasteiger partial charge in [0, 0.05) is 45.0 Å². The Labute approximate surface area is 164 Å². The lowest BCUT2D eigenvalue weighted by molar-refractivity contribution is -0.123. The summed E-state index contributed by atoms with van der Waals surface area (Å²) in [5.74, 6) is 1.03. The van der Waals surface area contributed by atoms with Crippen molar-refractivity contribution in [1.82, 2.24) is 10.2 Å². The van der Waals surface area contributed by atoms with Crippen LogP contribution in [0, 0.1) is 5.82 Å². The molecule has 0 unspecified atom stereocenters. The molecule has 0 radical (unpaired) electrons. The molecule has 6 nitrogen and oxygen atoms in total. The van der Waals surface area contributed by atoms with E-state index >= 15 is 0 Å². The molecule has 3 rings (SSSR count). The standard InChI is InChI=1S/C21H26FN3O3/c1-27-19-6-8-20(9-7-19)28-16-21(26)23-10-11-24-12-14-25(15-13-24)18-4-2-17(22)3-5-18/h2-9H,10-16H2,1H3,(H,23,26). The molecule has 2 aromatic carbocycles. The number of piperazine rings is 1. The predicted octanol–water partition coefficient (Wildman–Crippen LogP) is 2.15. The molecule has 0 aromatic heterocycles. The Morgan fingerprint density at radius 1 is 1.00 bits per heavy atom. The van der Waals surface area contributed by atoms with E-state index in [9.17, 15) is 9.18 Å². The van der Waals surface area contributed by atoms with Crippen molar-refractivity contribution in [1.29, 1.82) is 0 Å². The van der Waals surface area contributed by atoms with Gasteiger partial charge in [0.15, 0.2) is 6.61 Å². The number of anilines is 1. The molecule has 7 heteroatoms. The molecule has 1 N–H and O–H groups in total. The van der Waals surface area contributed by atoms with Crippen molar-refractivity contribution in [2.75, 3.05) is 57.9 Å². The number of methoxy groups -OCH3 is 1. The van der Waals surface area contributed by atoms with Crippen LogP contribution in [0.3, 0.4) is 0 Å². The van der Waals surface area contributed by atoms with Gasteiger partial charge in [-0.25, -0.2) is 4.39 Å². The van der Waals surface area contributed by atoms with Gasteiger partial charge in [-0.3, -0.25) is 9.69 Å². The number of amides is 1. The van der Waals surface area contributed by atoms with Gasteiger partial charge in [0.05, 0.1) is 7.11 Å². The van der Waals surface area contributed by atoms with Crippen LogP contribution < -0.4 is 19.7 Å². The molecule has 0 atom stereocenters. The van der Waals surface area contributed by atoms with E-state index in [1.165, 1.54) is 12.1 Å². The summed E-state index contributed by atoms with van der Waals surface area (Å²) in [4.78, 5) is 16.5. The van der Waals surface area contributed by atoms with E-state index in [1.54, 1.807) is 31.4 Å². The van der Waals surface area contributed by atoms with Crippen molar-refractivity contribution in [2.45, 2.75) is 0 Å². The van der Waals surface area contributed by atoms with Crippen LogP contribution in [0.15, 0.2) is 48.5 Å². The van der Waals surface area contributed by atoms with E-state index < -0.39 is 0 Å². The third-order valence-corrected chi connectivity index (χ3v) is 4.74. The second-order valence-electron chi connectivity index (χ2n) is 6.62. The van der Waals surface area contributed by atoms with E-state index in [1.807, 2.05) is 12.1 Å². The van der Waals surface area contributed by atoms with Gasteiger partial charge in [-0.1, -0.05) is 0 Å². The van der Waals surface area contributed by atoms with Crippen LogP contribution in [0.1, 0.15) is 0 Å². The van der Waals surface area contributed by atoms with Crippen LogP contribution in [-0.4, -0.2) is 63.8 Å². The molecular formula is C21H26FN3O3. The number of hydrogen-bond acceptors (Lipinski definition) is 5. The Kier molecular flexibility index (Phi) is 7.08. The summed E-state index contributed by atoms with van der Waals surface area (Å²) in [5.41, 5.74) is 1.05. The maximum atomic E-state index is 13.0. The molecule has 1 heterocycles. The first kappa shape index (κ1) is 19.9. The summed E-state index contributed by atoms with van der Waals surface area (Å²) in [7, 11) is 1.60. The van der Waals surface area contributed by atoms with Crippen LogP contribution in [0.2, 0.25) is 0 Å². The zero-order chi connectivity index (χ0) is 19.8. The smallest absolute Gasteiger partial charge is 0.257 e. The van der Waals surface area contributed by atoms with Gasteiger partial charge < -0.3 is 19.7 Å². The summed E-state index contributed by atoms with van der Waals surface area (Å²) < 4.78 is 23.6. The molecule has 2 aromatic rings. The molecule has 0 spiro atoms. The summed E-state index contributed by atoms with van der Waals surface area (Å²) in [6.45, 7) is 4.98. The fourth-order valence-corrected chi connectivity index (χ4v) is 3.11. The average molecular weight is 387 g/mol. The minimum Gasteiger partial charge on any atom is -0.497 e. The number of hydrogen-bond donors (Lipinski definition) is 1. The quantitative estimate of drug-likeness (QED) is 0.752. The molecule has 28 heavy (non-hydrogen) atoms. The Balaban J connectivity index is 1.30. The fourth-order valence-electron chi connectivity index (χ4n) is 3.11. The van der Waals surface area contributed by atoms with E-state index in [0.29, 0.717) is 12.3 Å². The SMILES string of the molecule is COc1ccc(OCC(=O)NCCN2CCN(c3ccc(F)cc3)CC2)cc1. The molecule has 0 saturated carbocycles. The third kappa shape index (κ3) is 5.85. The first-order valence-corrected chi connectivity index (χ1v) is 9.40. The van der Waals surface area contributed by atoms with Crippen molar-refractivity contribution < 1.29 is 18.7 Å². The lowest BCUT2D eigenvalue weighted by atomic mass is 10.2. The van der Waals surface area contributed by atoms with Gasteiger partial charge in [0.25, 0.3) is 5.91 Å². The first-order chi connectivity index (χ1) is 13.6. The Hall–Kier alpha value is -2.80. The zero-order valence-corrected chi connectivity index (χ0v) is 16.1. The molecule has 150 valence electrons. The van der Waals surface area contributed by atoms with Gasteiger partial charge in [-0.05, 0) is 48.5 Å². The fraction of sp³-hybridized carbons (Fsp3) is 0.381. The highest BCUT2D eigenvalue weighted by molar-refractivity contribution is 5.77. The molecule has 0 aliphatic carbocycles. The van der Waals surface area contributed by atoms with E-state index in [-0.39, 0.29) is 18.3 Å². The minimum atomic E-state index is -0.214. The van der Waals surface area contributed by atoms with E-state index in [0.717, 1.165) is 44.2 Å². The van der Waals surface area contributed by atoms with Gasteiger partial charge in [-0.2, -0.15) is 0 Å². The van der Waals surface area contributed by atoms with Gasteiger partial charge in [0.1, 0.15) is 17.3 Å². The molecular weight excluding hydrogens is 361 g/mol. The number of halogens is 1. The van der Waals surface area contributed by atoms with Crippen LogP contribution in [0.25, 0.3) is 0 Å². The number of carbonyl (C=O) groups is 1. The van der Waals surface area contributed by atoms with Crippen molar-refractivity contribution in [3.05, 3.63) is 54.3 Å². The number of carbonyl (C=O) groups excluding carboxylic acids is 1. The van der Waals surface area contributed by atoms with Crippen LogP contribution in [0.4, 0.5) is 10.1 Å². The lowest BCUT2D eigenvalue weighted by Gasteiger charge is -2.36. The normalized spacial score (nSPS) is 14.6. The summed E-state index contributed by atoms with van der Waals surface area (Å²) in [5, 5.41) is 2.89. The van der Waals surface area contributed by atoms with Crippen molar-refractivity contribution in [3.8, 4) is 11.5 Å². The third-order valence-electron chi connectivity index (χ3n) is 4.74. The highest BCUT2D eigenvalue weighted by Gasteiger charge is 2.17. The summed E-state index contributed by atoms with van der Waals surface area (Å²) >= 11 is 0. The zero-order valence-electron chi connectivity index (χ0n) is 16.1. The molecule has 1 aliphatic rings. The average Bonchev–Trinajstić information content (AvgIpc) is 2.74. The maximum Gasteiger partial charge on any atom is 0.257 e. The van der Waals surface area contributed by atoms with Crippen molar-refractivity contribution >= 4 is 11.6 Å². The molecule has 1 saturated heterocycles. The van der Waals surface area contributed by atoms with Crippen LogP contribution >= 0.6 is 0 Å². The topological polar surface area (TPSA) is 54.0 Å². The van der Waals surface area contributed by atoms with Crippen LogP contribution in [0.5, 0.6) is 11.5 Å². The number of nitrogens with zero attached hydrogens (tertiary/aromatic N) is 2. The molecule has 1 aliphatic heterocycles. The lowest BCUT2D eigenvalue weighted by Crippen LogP contribution is -2.48. The Bertz CT molecular complexity index is 744. The summed E-state index contributed by atoms with van der Waals surface area (Å²) in [6.07, 6.45) is 0. The highest BCUT2D eigenvalue weighted by atomic mass is 19.1. The van der Waals surface area contributed by atoms with Crippen LogP contribution in [-0.2, 0) is 4.79 Å². The second-order valence-corrected chi connectivity index (χ2v) is 6.62. The van der Waals surface area contributed by atoms with E-state index in [2.05, 4.69) is 15.1 Å². The van der Waals surface area contributed by atoms with Gasteiger partial charge in [-0.15, -0.1) is 0 Å².